The average Bonchev–Trinajstić information content (AvgIpc) is 3.17. The zero-order valence-corrected chi connectivity index (χ0v) is 16.9. The number of fused-ring (bicyclic) bond motifs is 1. The standard InChI is InChI=1S/C22H18FN3O3S/c1-2-29-17-9-7-16(8-10-17)25-19(27)11-26-13-24-21-20(22(26)28)18(12-30-21)14-3-5-15(23)6-4-14/h3-10,12-13H,2,11H2,1H3,(H,25,27). The number of anilines is 1. The van der Waals surface area contributed by atoms with Crippen LogP contribution in [0.3, 0.4) is 0 Å². The number of carbonyl (C=O) groups is 1. The molecule has 0 saturated heterocycles. The number of amides is 1. The maximum absolute atomic E-state index is 13.2. The lowest BCUT2D eigenvalue weighted by Crippen LogP contribution is -2.27. The van der Waals surface area contributed by atoms with E-state index < -0.39 is 0 Å². The lowest BCUT2D eigenvalue weighted by molar-refractivity contribution is -0.116. The van der Waals surface area contributed by atoms with Crippen LogP contribution in [0.25, 0.3) is 21.3 Å². The van der Waals surface area contributed by atoms with Crippen LogP contribution in [-0.4, -0.2) is 22.1 Å². The Balaban J connectivity index is 1.57. The SMILES string of the molecule is CCOc1ccc(NC(=O)Cn2cnc3scc(-c4ccc(F)cc4)c3c2=O)cc1. The van der Waals surface area contributed by atoms with E-state index in [1.807, 2.05) is 12.3 Å². The summed E-state index contributed by atoms with van der Waals surface area (Å²) in [5.74, 6) is 0.0212. The molecule has 2 aromatic heterocycles. The van der Waals surface area contributed by atoms with Gasteiger partial charge in [0.2, 0.25) is 5.91 Å². The van der Waals surface area contributed by atoms with Crippen molar-refractivity contribution in [3.8, 4) is 16.9 Å². The van der Waals surface area contributed by atoms with E-state index in [4.69, 9.17) is 4.74 Å². The first-order chi connectivity index (χ1) is 14.5. The van der Waals surface area contributed by atoms with Crippen molar-refractivity contribution in [2.75, 3.05) is 11.9 Å². The van der Waals surface area contributed by atoms with Crippen molar-refractivity contribution >= 4 is 33.1 Å². The molecule has 0 atom stereocenters. The highest BCUT2D eigenvalue weighted by Gasteiger charge is 2.15. The van der Waals surface area contributed by atoms with Crippen LogP contribution in [0.15, 0.2) is 65.0 Å². The maximum Gasteiger partial charge on any atom is 0.263 e. The zero-order valence-electron chi connectivity index (χ0n) is 16.1. The Morgan fingerprint density at radius 3 is 2.60 bits per heavy atom. The fraction of sp³-hybridized carbons (Fsp3) is 0.136. The molecule has 30 heavy (non-hydrogen) atoms. The highest BCUT2D eigenvalue weighted by atomic mass is 32.1. The molecule has 2 heterocycles. The fourth-order valence-electron chi connectivity index (χ4n) is 3.08. The van der Waals surface area contributed by atoms with Gasteiger partial charge >= 0.3 is 0 Å². The molecule has 2 aromatic carbocycles. The predicted octanol–water partition coefficient (Wildman–Crippen LogP) is 4.30. The number of carbonyl (C=O) groups excluding carboxylic acids is 1. The molecule has 0 unspecified atom stereocenters. The highest BCUT2D eigenvalue weighted by molar-refractivity contribution is 7.17. The second-order valence-corrected chi connectivity index (χ2v) is 7.38. The summed E-state index contributed by atoms with van der Waals surface area (Å²) in [5.41, 5.74) is 1.68. The third kappa shape index (κ3) is 4.08. The largest absolute Gasteiger partial charge is 0.494 e. The van der Waals surface area contributed by atoms with E-state index in [2.05, 4.69) is 10.3 Å². The van der Waals surface area contributed by atoms with E-state index in [-0.39, 0.29) is 23.8 Å². The van der Waals surface area contributed by atoms with Gasteiger partial charge in [-0.3, -0.25) is 14.2 Å². The van der Waals surface area contributed by atoms with Crippen molar-refractivity contribution in [2.24, 2.45) is 0 Å². The quantitative estimate of drug-likeness (QED) is 0.502. The van der Waals surface area contributed by atoms with Crippen molar-refractivity contribution in [1.82, 2.24) is 9.55 Å². The monoisotopic (exact) mass is 423 g/mol. The van der Waals surface area contributed by atoms with Crippen LogP contribution in [0, 0.1) is 5.82 Å². The molecule has 4 rings (SSSR count). The number of hydrogen-bond donors (Lipinski definition) is 1. The molecule has 0 spiro atoms. The fourth-order valence-corrected chi connectivity index (χ4v) is 3.99. The third-order valence-corrected chi connectivity index (χ3v) is 5.37. The van der Waals surface area contributed by atoms with Crippen molar-refractivity contribution in [3.05, 3.63) is 76.4 Å². The second-order valence-electron chi connectivity index (χ2n) is 6.52. The number of hydrogen-bond acceptors (Lipinski definition) is 5. The molecule has 0 radical (unpaired) electrons. The molecule has 8 heteroatoms. The van der Waals surface area contributed by atoms with Crippen molar-refractivity contribution in [3.63, 3.8) is 0 Å². The van der Waals surface area contributed by atoms with E-state index in [0.717, 1.165) is 5.56 Å². The first-order valence-corrected chi connectivity index (χ1v) is 10.2. The summed E-state index contributed by atoms with van der Waals surface area (Å²) in [6.45, 7) is 2.29. The number of nitrogens with zero attached hydrogens (tertiary/aromatic N) is 2. The van der Waals surface area contributed by atoms with Crippen LogP contribution >= 0.6 is 11.3 Å². The summed E-state index contributed by atoms with van der Waals surface area (Å²) >= 11 is 1.33. The van der Waals surface area contributed by atoms with Gasteiger partial charge in [-0.05, 0) is 48.9 Å². The van der Waals surface area contributed by atoms with Gasteiger partial charge in [0.25, 0.3) is 5.56 Å². The molecule has 0 fully saturated rings. The minimum atomic E-state index is -0.347. The molecule has 4 aromatic rings. The Kier molecular flexibility index (Phi) is 5.58. The normalized spacial score (nSPS) is 10.9. The minimum absolute atomic E-state index is 0.173. The molecule has 0 aliphatic heterocycles. The van der Waals surface area contributed by atoms with Crippen LogP contribution in [0.2, 0.25) is 0 Å². The van der Waals surface area contributed by atoms with Gasteiger partial charge in [0.05, 0.1) is 18.3 Å². The smallest absolute Gasteiger partial charge is 0.263 e. The molecule has 0 aliphatic rings. The van der Waals surface area contributed by atoms with Gasteiger partial charge in [0.1, 0.15) is 22.9 Å². The molecular formula is C22H18FN3O3S. The number of benzene rings is 2. The first-order valence-electron chi connectivity index (χ1n) is 9.30. The van der Waals surface area contributed by atoms with Crippen molar-refractivity contribution in [2.45, 2.75) is 13.5 Å². The number of aromatic nitrogens is 2. The minimum Gasteiger partial charge on any atom is -0.494 e. The van der Waals surface area contributed by atoms with Gasteiger partial charge in [-0.25, -0.2) is 9.37 Å². The van der Waals surface area contributed by atoms with E-state index >= 15 is 0 Å². The third-order valence-electron chi connectivity index (χ3n) is 4.48. The predicted molar refractivity (Wildman–Crippen MR) is 116 cm³/mol. The topological polar surface area (TPSA) is 73.2 Å². The van der Waals surface area contributed by atoms with Gasteiger partial charge in [-0.2, -0.15) is 0 Å². The molecule has 0 bridgehead atoms. The number of thiophene rings is 1. The first kappa shape index (κ1) is 19.8. The van der Waals surface area contributed by atoms with Crippen LogP contribution in [-0.2, 0) is 11.3 Å². The van der Waals surface area contributed by atoms with Gasteiger partial charge in [0, 0.05) is 16.6 Å². The molecule has 1 amide bonds. The summed E-state index contributed by atoms with van der Waals surface area (Å²) in [5, 5.41) is 5.00. The van der Waals surface area contributed by atoms with Crippen LogP contribution in [0.4, 0.5) is 10.1 Å². The van der Waals surface area contributed by atoms with Gasteiger partial charge in [-0.15, -0.1) is 11.3 Å². The van der Waals surface area contributed by atoms with E-state index in [1.54, 1.807) is 36.4 Å². The zero-order chi connectivity index (χ0) is 21.1. The van der Waals surface area contributed by atoms with Crippen LogP contribution in [0.1, 0.15) is 6.92 Å². The Hall–Kier alpha value is -3.52. The number of nitrogens with one attached hydrogen (secondary N) is 1. The van der Waals surface area contributed by atoms with Crippen molar-refractivity contribution < 1.29 is 13.9 Å². The summed E-state index contributed by atoms with van der Waals surface area (Å²) in [6.07, 6.45) is 1.37. The van der Waals surface area contributed by atoms with Crippen LogP contribution < -0.4 is 15.6 Å². The molecule has 1 N–H and O–H groups in total. The van der Waals surface area contributed by atoms with Gasteiger partial charge in [-0.1, -0.05) is 12.1 Å². The van der Waals surface area contributed by atoms with Crippen LogP contribution in [0.5, 0.6) is 5.75 Å². The van der Waals surface area contributed by atoms with Gasteiger partial charge < -0.3 is 10.1 Å². The lowest BCUT2D eigenvalue weighted by Gasteiger charge is -2.09. The summed E-state index contributed by atoms with van der Waals surface area (Å²) in [7, 11) is 0. The number of halogens is 1. The Morgan fingerprint density at radius 1 is 1.17 bits per heavy atom. The maximum atomic E-state index is 13.2. The summed E-state index contributed by atoms with van der Waals surface area (Å²) < 4.78 is 19.9. The van der Waals surface area contributed by atoms with E-state index in [0.29, 0.717) is 33.8 Å². The Morgan fingerprint density at radius 2 is 1.90 bits per heavy atom. The molecule has 6 nitrogen and oxygen atoms in total. The summed E-state index contributed by atoms with van der Waals surface area (Å²) in [6, 6.07) is 12.9. The highest BCUT2D eigenvalue weighted by Crippen LogP contribution is 2.30. The molecule has 0 saturated carbocycles. The second kappa shape index (κ2) is 8.46. The Labute approximate surface area is 175 Å². The molecule has 0 aliphatic carbocycles. The number of ether oxygens (including phenoxy) is 1. The van der Waals surface area contributed by atoms with Gasteiger partial charge in [0.15, 0.2) is 0 Å². The lowest BCUT2D eigenvalue weighted by atomic mass is 10.1. The van der Waals surface area contributed by atoms with E-state index in [9.17, 15) is 14.0 Å². The number of rotatable bonds is 6. The molecule has 152 valence electrons. The van der Waals surface area contributed by atoms with Crippen molar-refractivity contribution in [1.29, 1.82) is 0 Å². The average molecular weight is 423 g/mol. The molecular weight excluding hydrogens is 405 g/mol. The van der Waals surface area contributed by atoms with E-state index in [1.165, 1.54) is 34.4 Å². The Bertz CT molecular complexity index is 1250. The summed E-state index contributed by atoms with van der Waals surface area (Å²) in [4.78, 5) is 30.3.